The molecular weight excluding hydrogens is 458 g/mol. The van der Waals surface area contributed by atoms with E-state index in [1.54, 1.807) is 17.0 Å². The van der Waals surface area contributed by atoms with Crippen LogP contribution in [0.3, 0.4) is 0 Å². The van der Waals surface area contributed by atoms with Gasteiger partial charge in [0.25, 0.3) is 11.5 Å². The van der Waals surface area contributed by atoms with Gasteiger partial charge in [0, 0.05) is 31.7 Å². The molecule has 6 rings (SSSR count). The minimum Gasteiger partial charge on any atom is -0.459 e. The van der Waals surface area contributed by atoms with E-state index in [2.05, 4.69) is 25.4 Å². The number of hydrogen-bond acceptors (Lipinski definition) is 7. The van der Waals surface area contributed by atoms with Crippen molar-refractivity contribution < 1.29 is 9.21 Å². The lowest BCUT2D eigenvalue weighted by molar-refractivity contribution is 0.0557. The number of benzene rings is 1. The van der Waals surface area contributed by atoms with Gasteiger partial charge in [-0.3, -0.25) is 14.5 Å². The average Bonchev–Trinajstić information content (AvgIpc) is 3.68. The Hall–Kier alpha value is -3.79. The second-order valence-corrected chi connectivity index (χ2v) is 9.72. The highest BCUT2D eigenvalue weighted by molar-refractivity contribution is 5.91. The second kappa shape index (κ2) is 9.34. The maximum Gasteiger partial charge on any atom is 0.289 e. The molecule has 1 N–H and O–H groups in total. The van der Waals surface area contributed by atoms with Crippen molar-refractivity contribution in [1.82, 2.24) is 35.0 Å². The molecular formula is C26H29N7O3. The standard InChI is InChI=1S/C26H29N7O3/c1-17-6-4-7-18-16-20(25(34)27-22(17)18)23(24-28-29-30-33(24)19-8-2-3-9-19)31-11-13-32(14-12-31)26(35)21-10-5-15-36-21/h4-7,10,15-16,19,23H,2-3,8-9,11-14H2,1H3,(H,27,34)/t23-/m0/s1. The van der Waals surface area contributed by atoms with Crippen molar-refractivity contribution in [3.63, 3.8) is 0 Å². The molecule has 2 aliphatic rings. The van der Waals surface area contributed by atoms with Gasteiger partial charge in [0.15, 0.2) is 11.6 Å². The van der Waals surface area contributed by atoms with Crippen LogP contribution in [0.15, 0.2) is 51.9 Å². The minimum absolute atomic E-state index is 0.119. The first kappa shape index (κ1) is 22.7. The fraction of sp³-hybridized carbons (Fsp3) is 0.423. The van der Waals surface area contributed by atoms with E-state index < -0.39 is 6.04 Å². The summed E-state index contributed by atoms with van der Waals surface area (Å²) in [6.07, 6.45) is 5.87. The Morgan fingerprint density at radius 2 is 1.92 bits per heavy atom. The van der Waals surface area contributed by atoms with Crippen LogP contribution in [0.4, 0.5) is 0 Å². The maximum absolute atomic E-state index is 13.5. The average molecular weight is 488 g/mol. The lowest BCUT2D eigenvalue weighted by Gasteiger charge is -2.38. The lowest BCUT2D eigenvalue weighted by Crippen LogP contribution is -2.50. The van der Waals surface area contributed by atoms with Gasteiger partial charge in [-0.05, 0) is 59.3 Å². The van der Waals surface area contributed by atoms with Crippen LogP contribution >= 0.6 is 0 Å². The summed E-state index contributed by atoms with van der Waals surface area (Å²) in [5.74, 6) is 0.905. The number of nitrogens with one attached hydrogen (secondary N) is 1. The quantitative estimate of drug-likeness (QED) is 0.460. The van der Waals surface area contributed by atoms with Crippen LogP contribution < -0.4 is 5.56 Å². The number of rotatable bonds is 5. The van der Waals surface area contributed by atoms with E-state index in [0.29, 0.717) is 43.3 Å². The molecule has 1 aromatic carbocycles. The van der Waals surface area contributed by atoms with Gasteiger partial charge in [-0.25, -0.2) is 4.68 Å². The highest BCUT2D eigenvalue weighted by Crippen LogP contribution is 2.34. The fourth-order valence-electron chi connectivity index (χ4n) is 5.63. The largest absolute Gasteiger partial charge is 0.459 e. The molecule has 3 aromatic heterocycles. The summed E-state index contributed by atoms with van der Waals surface area (Å²) in [6.45, 7) is 4.20. The Balaban J connectivity index is 1.38. The Morgan fingerprint density at radius 3 is 2.67 bits per heavy atom. The summed E-state index contributed by atoms with van der Waals surface area (Å²) < 4.78 is 7.24. The Kier molecular flexibility index (Phi) is 5.88. The third-order valence-corrected chi connectivity index (χ3v) is 7.54. The molecule has 36 heavy (non-hydrogen) atoms. The zero-order chi connectivity index (χ0) is 24.6. The molecule has 0 unspecified atom stereocenters. The number of carbonyl (C=O) groups excluding carboxylic acids is 1. The van der Waals surface area contributed by atoms with E-state index in [1.165, 1.54) is 6.26 Å². The number of carbonyl (C=O) groups is 1. The van der Waals surface area contributed by atoms with Crippen LogP contribution in [0.2, 0.25) is 0 Å². The number of piperazine rings is 1. The third kappa shape index (κ3) is 4.01. The number of aryl methyl sites for hydroxylation is 1. The summed E-state index contributed by atoms with van der Waals surface area (Å²) in [4.78, 5) is 33.4. The van der Waals surface area contributed by atoms with Crippen LogP contribution in [-0.2, 0) is 0 Å². The fourth-order valence-corrected chi connectivity index (χ4v) is 5.63. The van der Waals surface area contributed by atoms with Gasteiger partial charge < -0.3 is 14.3 Å². The number of nitrogens with zero attached hydrogens (tertiary/aromatic N) is 6. The molecule has 0 spiro atoms. The van der Waals surface area contributed by atoms with Crippen LogP contribution in [0.25, 0.3) is 10.9 Å². The van der Waals surface area contributed by atoms with Crippen molar-refractivity contribution in [3.8, 4) is 0 Å². The first-order chi connectivity index (χ1) is 17.6. The first-order valence-corrected chi connectivity index (χ1v) is 12.6. The van der Waals surface area contributed by atoms with E-state index in [4.69, 9.17) is 4.42 Å². The van der Waals surface area contributed by atoms with Gasteiger partial charge in [0.05, 0.1) is 17.8 Å². The molecule has 1 aliphatic heterocycles. The van der Waals surface area contributed by atoms with E-state index >= 15 is 0 Å². The van der Waals surface area contributed by atoms with Gasteiger partial charge in [-0.2, -0.15) is 0 Å². The predicted octanol–water partition coefficient (Wildman–Crippen LogP) is 3.08. The van der Waals surface area contributed by atoms with E-state index in [9.17, 15) is 9.59 Å². The number of aromatic nitrogens is 5. The smallest absolute Gasteiger partial charge is 0.289 e. The third-order valence-electron chi connectivity index (χ3n) is 7.54. The molecule has 1 atom stereocenters. The topological polar surface area (TPSA) is 113 Å². The summed E-state index contributed by atoms with van der Waals surface area (Å²) in [6, 6.07) is 11.2. The summed E-state index contributed by atoms with van der Waals surface area (Å²) >= 11 is 0. The van der Waals surface area contributed by atoms with E-state index in [1.807, 2.05) is 35.9 Å². The van der Waals surface area contributed by atoms with E-state index in [0.717, 1.165) is 42.1 Å². The van der Waals surface area contributed by atoms with Gasteiger partial charge in [0.1, 0.15) is 6.04 Å². The summed E-state index contributed by atoms with van der Waals surface area (Å²) in [5, 5.41) is 13.8. The van der Waals surface area contributed by atoms with Crippen LogP contribution in [-0.4, -0.2) is 67.1 Å². The lowest BCUT2D eigenvalue weighted by atomic mass is 10.0. The van der Waals surface area contributed by atoms with E-state index in [-0.39, 0.29) is 17.5 Å². The molecule has 4 heterocycles. The SMILES string of the molecule is Cc1cccc2cc([C@@H](c3nnnn3C3CCCC3)N3CCN(C(=O)c4ccco4)CC3)c(=O)[nH]c12. The molecule has 1 aliphatic carbocycles. The number of aromatic amines is 1. The van der Waals surface area contributed by atoms with Crippen molar-refractivity contribution in [2.75, 3.05) is 26.2 Å². The van der Waals surface area contributed by atoms with Crippen molar-refractivity contribution >= 4 is 16.8 Å². The Bertz CT molecular complexity index is 1430. The van der Waals surface area contributed by atoms with Crippen LogP contribution in [0, 0.1) is 6.92 Å². The zero-order valence-corrected chi connectivity index (χ0v) is 20.3. The first-order valence-electron chi connectivity index (χ1n) is 12.6. The highest BCUT2D eigenvalue weighted by atomic mass is 16.3. The Labute approximate surface area is 207 Å². The highest BCUT2D eigenvalue weighted by Gasteiger charge is 2.35. The molecule has 0 radical (unpaired) electrons. The van der Waals surface area contributed by atoms with Crippen molar-refractivity contribution in [2.45, 2.75) is 44.7 Å². The van der Waals surface area contributed by atoms with Crippen molar-refractivity contribution in [1.29, 1.82) is 0 Å². The van der Waals surface area contributed by atoms with Crippen molar-refractivity contribution in [2.24, 2.45) is 0 Å². The number of H-pyrrole nitrogens is 1. The normalized spacial score (nSPS) is 18.2. The van der Waals surface area contributed by atoms with Gasteiger partial charge >= 0.3 is 0 Å². The molecule has 4 aromatic rings. The molecule has 1 saturated carbocycles. The molecule has 10 nitrogen and oxygen atoms in total. The predicted molar refractivity (Wildman–Crippen MR) is 133 cm³/mol. The molecule has 0 bridgehead atoms. The number of fused-ring (bicyclic) bond motifs is 1. The second-order valence-electron chi connectivity index (χ2n) is 9.72. The van der Waals surface area contributed by atoms with Gasteiger partial charge in [-0.1, -0.05) is 31.0 Å². The number of pyridine rings is 1. The van der Waals surface area contributed by atoms with Crippen molar-refractivity contribution in [3.05, 3.63) is 75.7 Å². The molecule has 2 fully saturated rings. The number of para-hydroxylation sites is 1. The van der Waals surface area contributed by atoms with Gasteiger partial charge in [0.2, 0.25) is 0 Å². The maximum atomic E-state index is 13.5. The number of furan rings is 1. The minimum atomic E-state index is -0.421. The Morgan fingerprint density at radius 1 is 1.11 bits per heavy atom. The monoisotopic (exact) mass is 487 g/mol. The number of hydrogen-bond donors (Lipinski definition) is 1. The van der Waals surface area contributed by atoms with Gasteiger partial charge in [-0.15, -0.1) is 5.10 Å². The number of tetrazole rings is 1. The van der Waals surface area contributed by atoms with Crippen LogP contribution in [0.1, 0.15) is 65.3 Å². The molecule has 10 heteroatoms. The summed E-state index contributed by atoms with van der Waals surface area (Å²) in [7, 11) is 0. The van der Waals surface area contributed by atoms with Crippen LogP contribution in [0.5, 0.6) is 0 Å². The zero-order valence-electron chi connectivity index (χ0n) is 20.3. The number of amides is 1. The molecule has 1 saturated heterocycles. The molecule has 1 amide bonds. The summed E-state index contributed by atoms with van der Waals surface area (Å²) in [5.41, 5.74) is 2.34. The molecule has 186 valence electrons.